The second kappa shape index (κ2) is 4.70. The fourth-order valence-corrected chi connectivity index (χ4v) is 2.23. The highest BCUT2D eigenvalue weighted by molar-refractivity contribution is 6.31. The van der Waals surface area contributed by atoms with Crippen molar-refractivity contribution in [2.24, 2.45) is 0 Å². The Hall–Kier alpha value is -0.640. The lowest BCUT2D eigenvalue weighted by molar-refractivity contribution is -0.0844. The number of hydrogen-bond donors (Lipinski definition) is 1. The lowest BCUT2D eigenvalue weighted by Gasteiger charge is -2.32. The van der Waals surface area contributed by atoms with Crippen LogP contribution in [0.4, 0.5) is 4.39 Å². The van der Waals surface area contributed by atoms with E-state index in [0.717, 1.165) is 12.0 Å². The summed E-state index contributed by atoms with van der Waals surface area (Å²) in [4.78, 5) is 0. The minimum Gasteiger partial charge on any atom is -0.387 e. The van der Waals surface area contributed by atoms with Gasteiger partial charge in [0.2, 0.25) is 0 Å². The van der Waals surface area contributed by atoms with Crippen LogP contribution >= 0.6 is 11.6 Å². The molecule has 4 heteroatoms. The van der Waals surface area contributed by atoms with E-state index in [9.17, 15) is 9.50 Å². The summed E-state index contributed by atoms with van der Waals surface area (Å²) >= 11 is 5.92. The van der Waals surface area contributed by atoms with Gasteiger partial charge in [-0.1, -0.05) is 17.7 Å². The zero-order chi connectivity index (χ0) is 11.6. The first kappa shape index (κ1) is 11.8. The Morgan fingerprint density at radius 1 is 1.50 bits per heavy atom. The van der Waals surface area contributed by atoms with E-state index in [2.05, 4.69) is 0 Å². The number of rotatable bonds is 2. The fourth-order valence-electron chi connectivity index (χ4n) is 2.00. The lowest BCUT2D eigenvalue weighted by Crippen LogP contribution is -2.40. The molecule has 2 rings (SSSR count). The molecule has 0 saturated carbocycles. The van der Waals surface area contributed by atoms with Crippen molar-refractivity contribution in [3.05, 3.63) is 34.6 Å². The topological polar surface area (TPSA) is 29.5 Å². The van der Waals surface area contributed by atoms with Crippen LogP contribution in [0.25, 0.3) is 0 Å². The zero-order valence-electron chi connectivity index (χ0n) is 8.88. The van der Waals surface area contributed by atoms with Gasteiger partial charge in [0.25, 0.3) is 0 Å². The maximum absolute atomic E-state index is 12.8. The highest BCUT2D eigenvalue weighted by Crippen LogP contribution is 2.27. The largest absolute Gasteiger partial charge is 0.387 e. The van der Waals surface area contributed by atoms with E-state index in [1.807, 2.05) is 0 Å². The minimum absolute atomic E-state index is 0.320. The Balaban J connectivity index is 2.13. The van der Waals surface area contributed by atoms with Crippen LogP contribution in [-0.4, -0.2) is 23.9 Å². The monoisotopic (exact) mass is 244 g/mol. The molecule has 1 aliphatic rings. The van der Waals surface area contributed by atoms with Gasteiger partial charge >= 0.3 is 0 Å². The Bertz CT molecular complexity index is 375. The molecule has 1 heterocycles. The first-order chi connectivity index (χ1) is 7.59. The van der Waals surface area contributed by atoms with Crippen LogP contribution in [0.3, 0.4) is 0 Å². The normalized spacial score (nSPS) is 25.7. The molecule has 1 fully saturated rings. The van der Waals surface area contributed by atoms with Crippen molar-refractivity contribution in [2.45, 2.75) is 24.9 Å². The first-order valence-corrected chi connectivity index (χ1v) is 5.71. The van der Waals surface area contributed by atoms with Gasteiger partial charge in [0.1, 0.15) is 5.82 Å². The van der Waals surface area contributed by atoms with E-state index in [-0.39, 0.29) is 5.82 Å². The summed E-state index contributed by atoms with van der Waals surface area (Å²) in [6.07, 6.45) is 1.95. The van der Waals surface area contributed by atoms with Gasteiger partial charge in [-0.2, -0.15) is 0 Å². The molecule has 1 atom stereocenters. The third-order valence-corrected chi connectivity index (χ3v) is 3.19. The van der Waals surface area contributed by atoms with Crippen molar-refractivity contribution < 1.29 is 14.2 Å². The number of hydrogen-bond acceptors (Lipinski definition) is 2. The molecule has 0 bridgehead atoms. The van der Waals surface area contributed by atoms with Crippen LogP contribution in [0.5, 0.6) is 0 Å². The molecule has 0 aliphatic carbocycles. The van der Waals surface area contributed by atoms with Crippen molar-refractivity contribution in [2.75, 3.05) is 13.2 Å². The molecule has 0 amide bonds. The van der Waals surface area contributed by atoms with E-state index >= 15 is 0 Å². The molecule has 1 aliphatic heterocycles. The molecule has 1 unspecified atom stereocenters. The van der Waals surface area contributed by atoms with Crippen LogP contribution in [0.1, 0.15) is 18.4 Å². The smallest absolute Gasteiger partial charge is 0.124 e. The zero-order valence-corrected chi connectivity index (χ0v) is 9.63. The Morgan fingerprint density at radius 3 is 2.94 bits per heavy atom. The van der Waals surface area contributed by atoms with E-state index in [4.69, 9.17) is 16.3 Å². The van der Waals surface area contributed by atoms with Gasteiger partial charge in [-0.05, 0) is 30.5 Å². The molecule has 0 radical (unpaired) electrons. The summed E-state index contributed by atoms with van der Waals surface area (Å²) in [6, 6.07) is 4.24. The van der Waals surface area contributed by atoms with Gasteiger partial charge in [-0.25, -0.2) is 4.39 Å². The van der Waals surface area contributed by atoms with Crippen molar-refractivity contribution >= 4 is 11.6 Å². The second-order valence-electron chi connectivity index (χ2n) is 4.29. The molecule has 88 valence electrons. The van der Waals surface area contributed by atoms with Gasteiger partial charge < -0.3 is 9.84 Å². The predicted octanol–water partition coefficient (Wildman–Crippen LogP) is 2.56. The number of ether oxygens (including phenoxy) is 1. The number of benzene rings is 1. The average Bonchev–Trinajstić information content (AvgIpc) is 2.23. The maximum Gasteiger partial charge on any atom is 0.124 e. The van der Waals surface area contributed by atoms with Crippen LogP contribution in [0.15, 0.2) is 18.2 Å². The molecule has 0 spiro atoms. The molecule has 0 aromatic heterocycles. The van der Waals surface area contributed by atoms with E-state index in [0.29, 0.717) is 31.1 Å². The summed E-state index contributed by atoms with van der Waals surface area (Å²) < 4.78 is 18.1. The summed E-state index contributed by atoms with van der Waals surface area (Å²) in [5.41, 5.74) is -0.101. The molecule has 2 nitrogen and oxygen atoms in total. The SMILES string of the molecule is OC1(Cc2ccc(F)cc2Cl)CCCOC1. The number of aliphatic hydroxyl groups is 1. The summed E-state index contributed by atoms with van der Waals surface area (Å²) in [5.74, 6) is -0.361. The van der Waals surface area contributed by atoms with Gasteiger partial charge in [-0.3, -0.25) is 0 Å². The lowest BCUT2D eigenvalue weighted by atomic mass is 9.89. The molecule has 1 aromatic carbocycles. The maximum atomic E-state index is 12.8. The molecule has 1 aromatic rings. The molecule has 16 heavy (non-hydrogen) atoms. The first-order valence-electron chi connectivity index (χ1n) is 5.33. The van der Waals surface area contributed by atoms with E-state index in [1.165, 1.54) is 12.1 Å². The molecule has 1 saturated heterocycles. The Labute approximate surface area is 99.0 Å². The molecular weight excluding hydrogens is 231 g/mol. The summed E-state index contributed by atoms with van der Waals surface area (Å²) in [7, 11) is 0. The van der Waals surface area contributed by atoms with Gasteiger partial charge in [0.15, 0.2) is 0 Å². The number of halogens is 2. The second-order valence-corrected chi connectivity index (χ2v) is 4.70. The van der Waals surface area contributed by atoms with Crippen LogP contribution in [0, 0.1) is 5.82 Å². The third-order valence-electron chi connectivity index (χ3n) is 2.84. The van der Waals surface area contributed by atoms with Crippen molar-refractivity contribution in [1.82, 2.24) is 0 Å². The molecule has 1 N–H and O–H groups in total. The average molecular weight is 245 g/mol. The van der Waals surface area contributed by atoms with Crippen LogP contribution < -0.4 is 0 Å². The van der Waals surface area contributed by atoms with Crippen molar-refractivity contribution in [1.29, 1.82) is 0 Å². The molecular formula is C12H14ClFO2. The van der Waals surface area contributed by atoms with E-state index in [1.54, 1.807) is 6.07 Å². The standard InChI is InChI=1S/C12H14ClFO2/c13-11-6-10(14)3-2-9(11)7-12(15)4-1-5-16-8-12/h2-3,6,15H,1,4-5,7-8H2. The third kappa shape index (κ3) is 2.73. The van der Waals surface area contributed by atoms with Gasteiger partial charge in [0.05, 0.1) is 12.2 Å². The Kier molecular flexibility index (Phi) is 3.47. The summed E-state index contributed by atoms with van der Waals surface area (Å²) in [6.45, 7) is 1.01. The van der Waals surface area contributed by atoms with Gasteiger partial charge in [0, 0.05) is 18.1 Å². The Morgan fingerprint density at radius 2 is 2.31 bits per heavy atom. The van der Waals surface area contributed by atoms with Gasteiger partial charge in [-0.15, -0.1) is 0 Å². The summed E-state index contributed by atoms with van der Waals surface area (Å²) in [5, 5.41) is 10.6. The van der Waals surface area contributed by atoms with Crippen LogP contribution in [-0.2, 0) is 11.2 Å². The van der Waals surface area contributed by atoms with Crippen LogP contribution in [0.2, 0.25) is 5.02 Å². The minimum atomic E-state index is -0.861. The highest BCUT2D eigenvalue weighted by atomic mass is 35.5. The quantitative estimate of drug-likeness (QED) is 0.867. The fraction of sp³-hybridized carbons (Fsp3) is 0.500. The van der Waals surface area contributed by atoms with Crippen molar-refractivity contribution in [3.8, 4) is 0 Å². The highest BCUT2D eigenvalue weighted by Gasteiger charge is 2.30. The predicted molar refractivity (Wildman–Crippen MR) is 60.1 cm³/mol. The van der Waals surface area contributed by atoms with E-state index < -0.39 is 5.60 Å². The van der Waals surface area contributed by atoms with Crippen molar-refractivity contribution in [3.63, 3.8) is 0 Å².